The summed E-state index contributed by atoms with van der Waals surface area (Å²) < 4.78 is 6.33. The maximum atomic E-state index is 10.6. The monoisotopic (exact) mass is 328 g/mol. The molecule has 1 aromatic rings. The number of ether oxygens (including phenoxy) is 1. The van der Waals surface area contributed by atoms with Gasteiger partial charge in [-0.1, -0.05) is 26.8 Å². The summed E-state index contributed by atoms with van der Waals surface area (Å²) in [6.07, 6.45) is 1.50. The van der Waals surface area contributed by atoms with E-state index in [-0.39, 0.29) is 11.8 Å². The predicted molar refractivity (Wildman–Crippen MR) is 80.0 cm³/mol. The van der Waals surface area contributed by atoms with Crippen molar-refractivity contribution in [1.29, 1.82) is 0 Å². The molecule has 0 fully saturated rings. The highest BCUT2D eigenvalue weighted by Gasteiger charge is 2.18. The molecule has 0 aliphatic carbocycles. The Hall–Kier alpha value is -1.03. The van der Waals surface area contributed by atoms with Gasteiger partial charge >= 0.3 is 5.97 Å². The van der Waals surface area contributed by atoms with Crippen molar-refractivity contribution in [3.05, 3.63) is 27.7 Å². The number of carbonyl (C=O) groups is 1. The summed E-state index contributed by atoms with van der Waals surface area (Å²) in [5.74, 6) is 0.0448. The van der Waals surface area contributed by atoms with Crippen LogP contribution in [-0.2, 0) is 16.6 Å². The molecule has 0 amide bonds. The quantitative estimate of drug-likeness (QED) is 0.882. The highest BCUT2D eigenvalue weighted by Crippen LogP contribution is 2.35. The lowest BCUT2D eigenvalue weighted by Gasteiger charge is -2.22. The fourth-order valence-corrected chi connectivity index (χ4v) is 2.59. The summed E-state index contributed by atoms with van der Waals surface area (Å²) >= 11 is 3.53. The largest absolute Gasteiger partial charge is 0.495 e. The first kappa shape index (κ1) is 16.0. The summed E-state index contributed by atoms with van der Waals surface area (Å²) in [4.78, 5) is 10.6. The zero-order chi connectivity index (χ0) is 14.6. The van der Waals surface area contributed by atoms with Crippen LogP contribution in [0, 0.1) is 0 Å². The van der Waals surface area contributed by atoms with Crippen LogP contribution in [0.1, 0.15) is 44.7 Å². The molecule has 0 bridgehead atoms. The van der Waals surface area contributed by atoms with Gasteiger partial charge in [-0.15, -0.1) is 0 Å². The van der Waals surface area contributed by atoms with Gasteiger partial charge in [-0.05, 0) is 51.4 Å². The van der Waals surface area contributed by atoms with Gasteiger partial charge in [-0.3, -0.25) is 4.79 Å². The van der Waals surface area contributed by atoms with Gasteiger partial charge in [0.1, 0.15) is 5.75 Å². The Kier molecular flexibility index (Phi) is 5.41. The Balaban J connectivity index is 3.05. The summed E-state index contributed by atoms with van der Waals surface area (Å²) in [6, 6.07) is 4.19. The van der Waals surface area contributed by atoms with E-state index in [9.17, 15) is 4.79 Å². The molecular weight excluding hydrogens is 308 g/mol. The molecular formula is C15H21BrO3. The Labute approximate surface area is 123 Å². The maximum Gasteiger partial charge on any atom is 0.303 e. The van der Waals surface area contributed by atoms with Gasteiger partial charge in [-0.25, -0.2) is 0 Å². The number of aryl methyl sites for hydroxylation is 1. The molecule has 0 aliphatic heterocycles. The molecule has 0 radical (unpaired) electrons. The lowest BCUT2D eigenvalue weighted by molar-refractivity contribution is -0.137. The van der Waals surface area contributed by atoms with E-state index in [2.05, 4.69) is 48.8 Å². The van der Waals surface area contributed by atoms with Crippen LogP contribution in [0.2, 0.25) is 0 Å². The van der Waals surface area contributed by atoms with E-state index < -0.39 is 5.97 Å². The number of aliphatic carboxylic acids is 1. The van der Waals surface area contributed by atoms with Crippen LogP contribution in [0.5, 0.6) is 5.75 Å². The number of carboxylic acid groups (broad SMARTS) is 1. The number of methoxy groups -OCH3 is 1. The van der Waals surface area contributed by atoms with Crippen LogP contribution < -0.4 is 4.74 Å². The first-order chi connectivity index (χ1) is 8.75. The van der Waals surface area contributed by atoms with E-state index in [1.807, 2.05) is 0 Å². The van der Waals surface area contributed by atoms with Gasteiger partial charge in [-0.2, -0.15) is 0 Å². The topological polar surface area (TPSA) is 46.5 Å². The first-order valence-corrected chi connectivity index (χ1v) is 7.13. The van der Waals surface area contributed by atoms with Crippen LogP contribution >= 0.6 is 15.9 Å². The third-order valence-corrected chi connectivity index (χ3v) is 3.62. The van der Waals surface area contributed by atoms with Gasteiger partial charge < -0.3 is 9.84 Å². The normalized spacial score (nSPS) is 11.4. The Bertz CT molecular complexity index is 461. The Morgan fingerprint density at radius 1 is 1.37 bits per heavy atom. The SMILES string of the molecule is COc1c(Br)cc(C(C)(C)C)cc1CCCC(=O)O. The van der Waals surface area contributed by atoms with E-state index in [1.54, 1.807) is 7.11 Å². The molecule has 1 rings (SSSR count). The van der Waals surface area contributed by atoms with Crippen molar-refractivity contribution in [2.24, 2.45) is 0 Å². The van der Waals surface area contributed by atoms with E-state index in [4.69, 9.17) is 9.84 Å². The Morgan fingerprint density at radius 2 is 2.00 bits per heavy atom. The lowest BCUT2D eigenvalue weighted by atomic mass is 9.85. The second-order valence-electron chi connectivity index (χ2n) is 5.65. The minimum Gasteiger partial charge on any atom is -0.495 e. The third kappa shape index (κ3) is 4.53. The smallest absolute Gasteiger partial charge is 0.303 e. The molecule has 3 nitrogen and oxygen atoms in total. The molecule has 0 saturated heterocycles. The molecule has 0 aliphatic rings. The van der Waals surface area contributed by atoms with Crippen LogP contribution in [0.25, 0.3) is 0 Å². The number of hydrogen-bond donors (Lipinski definition) is 1. The van der Waals surface area contributed by atoms with Gasteiger partial charge in [0.2, 0.25) is 0 Å². The van der Waals surface area contributed by atoms with Crippen molar-refractivity contribution in [1.82, 2.24) is 0 Å². The van der Waals surface area contributed by atoms with Crippen molar-refractivity contribution in [3.8, 4) is 5.75 Å². The number of carboxylic acids is 1. The third-order valence-electron chi connectivity index (χ3n) is 3.03. The summed E-state index contributed by atoms with van der Waals surface area (Å²) in [5, 5.41) is 8.72. The number of benzene rings is 1. The molecule has 0 spiro atoms. The molecule has 0 heterocycles. The standard InChI is InChI=1S/C15H21BrO3/c1-15(2,3)11-8-10(6-5-7-13(17)18)14(19-4)12(16)9-11/h8-9H,5-7H2,1-4H3,(H,17,18). The molecule has 0 unspecified atom stereocenters. The second-order valence-corrected chi connectivity index (χ2v) is 6.50. The zero-order valence-corrected chi connectivity index (χ0v) is 13.5. The number of halogens is 1. The molecule has 1 N–H and O–H groups in total. The fourth-order valence-electron chi connectivity index (χ4n) is 1.93. The van der Waals surface area contributed by atoms with Crippen molar-refractivity contribution in [2.75, 3.05) is 7.11 Å². The van der Waals surface area contributed by atoms with Gasteiger partial charge in [0.25, 0.3) is 0 Å². The average Bonchev–Trinajstić information content (AvgIpc) is 2.26. The molecule has 106 valence electrons. The summed E-state index contributed by atoms with van der Waals surface area (Å²) in [6.45, 7) is 6.47. The number of rotatable bonds is 5. The van der Waals surface area contributed by atoms with E-state index in [0.717, 1.165) is 15.8 Å². The van der Waals surface area contributed by atoms with Crippen molar-refractivity contribution < 1.29 is 14.6 Å². The van der Waals surface area contributed by atoms with Crippen LogP contribution in [-0.4, -0.2) is 18.2 Å². The molecule has 4 heteroatoms. The van der Waals surface area contributed by atoms with Gasteiger partial charge in [0.15, 0.2) is 0 Å². The van der Waals surface area contributed by atoms with Crippen LogP contribution in [0.15, 0.2) is 16.6 Å². The molecule has 0 saturated carbocycles. The first-order valence-electron chi connectivity index (χ1n) is 6.34. The molecule has 0 atom stereocenters. The van der Waals surface area contributed by atoms with E-state index in [0.29, 0.717) is 12.8 Å². The van der Waals surface area contributed by atoms with Crippen molar-refractivity contribution >= 4 is 21.9 Å². The van der Waals surface area contributed by atoms with Crippen molar-refractivity contribution in [2.45, 2.75) is 45.4 Å². The minimum absolute atomic E-state index is 0.0519. The highest BCUT2D eigenvalue weighted by atomic mass is 79.9. The molecule has 19 heavy (non-hydrogen) atoms. The van der Waals surface area contributed by atoms with Crippen LogP contribution in [0.4, 0.5) is 0 Å². The van der Waals surface area contributed by atoms with Gasteiger partial charge in [0, 0.05) is 6.42 Å². The minimum atomic E-state index is -0.759. The number of hydrogen-bond acceptors (Lipinski definition) is 2. The average molecular weight is 329 g/mol. The van der Waals surface area contributed by atoms with E-state index in [1.165, 1.54) is 5.56 Å². The zero-order valence-electron chi connectivity index (χ0n) is 11.9. The summed E-state index contributed by atoms with van der Waals surface area (Å²) in [5.41, 5.74) is 2.32. The summed E-state index contributed by atoms with van der Waals surface area (Å²) in [7, 11) is 1.64. The molecule has 1 aromatic carbocycles. The second kappa shape index (κ2) is 6.42. The van der Waals surface area contributed by atoms with E-state index >= 15 is 0 Å². The lowest BCUT2D eigenvalue weighted by Crippen LogP contribution is -2.12. The Morgan fingerprint density at radius 3 is 2.47 bits per heavy atom. The highest BCUT2D eigenvalue weighted by molar-refractivity contribution is 9.10. The van der Waals surface area contributed by atoms with Gasteiger partial charge in [0.05, 0.1) is 11.6 Å². The predicted octanol–water partition coefficient (Wildman–Crippen LogP) is 4.16. The van der Waals surface area contributed by atoms with Crippen LogP contribution in [0.3, 0.4) is 0 Å². The maximum absolute atomic E-state index is 10.6. The van der Waals surface area contributed by atoms with Crippen molar-refractivity contribution in [3.63, 3.8) is 0 Å². The molecule has 0 aromatic heterocycles. The fraction of sp³-hybridized carbons (Fsp3) is 0.533.